The van der Waals surface area contributed by atoms with Crippen LogP contribution in [0.25, 0.3) is 0 Å². The van der Waals surface area contributed by atoms with Crippen molar-refractivity contribution >= 4 is 45.6 Å². The molecule has 9 heteroatoms. The first-order valence-corrected chi connectivity index (χ1v) is 2.19. The molecule has 9 heavy (non-hydrogen) atoms. The maximum Gasteiger partial charge on any atom is 2.00 e. The Labute approximate surface area is 174 Å². The molecule has 0 aromatic rings. The van der Waals surface area contributed by atoms with E-state index in [9.17, 15) is 0 Å². The van der Waals surface area contributed by atoms with E-state index in [1.54, 1.807) is 0 Å². The summed E-state index contributed by atoms with van der Waals surface area (Å²) in [5.74, 6) is 0. The summed E-state index contributed by atoms with van der Waals surface area (Å²) in [5.41, 5.74) is 0. The number of hydrogen-bond acceptors (Lipinski definition) is 4. The van der Waals surface area contributed by atoms with Gasteiger partial charge in [0.15, 0.2) is 0 Å². The van der Waals surface area contributed by atoms with Crippen LogP contribution in [-0.2, 0) is 4.57 Å². The number of phosphoric acid groups is 1. The van der Waals surface area contributed by atoms with Crippen LogP contribution in [0, 0.1) is 0 Å². The third-order valence-electron chi connectivity index (χ3n) is 0. The van der Waals surface area contributed by atoms with Crippen LogP contribution >= 0.6 is 7.82 Å². The van der Waals surface area contributed by atoms with Crippen LogP contribution in [0.4, 0.5) is 0 Å². The predicted octanol–water partition coefficient (Wildman–Crippen LogP) is -12.2. The van der Waals surface area contributed by atoms with Crippen molar-refractivity contribution in [2.75, 3.05) is 0 Å². The Bertz CT molecular complexity index is 64.7. The van der Waals surface area contributed by atoms with E-state index in [1.807, 2.05) is 0 Å². The molecule has 0 heterocycles. The van der Waals surface area contributed by atoms with Gasteiger partial charge in [-0.2, -0.15) is 7.82 Å². The van der Waals surface area contributed by atoms with Crippen LogP contribution < -0.4 is 130 Å². The molecule has 0 aromatic carbocycles. The minimum absolute atomic E-state index is 0. The maximum atomic E-state index is 8.55. The maximum absolute atomic E-state index is 8.55. The molecule has 0 aliphatic heterocycles. The standard InChI is InChI=1S/Ca.ClH.2K.H3O4P/c;;;;1-5(2,3)4/h;1H;;;(H3,1,2,3,4)/q+2;;2*+1;/p-4. The minimum Gasteiger partial charge on any atom is -1.00 e. The molecule has 0 atom stereocenters. The summed E-state index contributed by atoms with van der Waals surface area (Å²) in [6.07, 6.45) is 0. The van der Waals surface area contributed by atoms with E-state index in [0.29, 0.717) is 0 Å². The van der Waals surface area contributed by atoms with Crippen molar-refractivity contribution in [1.82, 2.24) is 0 Å². The Hall–Kier alpha value is 4.93. The van der Waals surface area contributed by atoms with Gasteiger partial charge in [0, 0.05) is 0 Å². The second kappa shape index (κ2) is 15.4. The van der Waals surface area contributed by atoms with Gasteiger partial charge in [-0.25, -0.2) is 0 Å². The zero-order valence-electron chi connectivity index (χ0n) is 5.17. The molecule has 0 radical (unpaired) electrons. The number of rotatable bonds is 0. The van der Waals surface area contributed by atoms with Crippen LogP contribution in [0.5, 0.6) is 0 Å². The van der Waals surface area contributed by atoms with E-state index >= 15 is 0 Å². The molecule has 0 fully saturated rings. The Kier molecular flexibility index (Phi) is 50.0. The molecule has 0 saturated carbocycles. The zero-order chi connectivity index (χ0) is 4.50. The van der Waals surface area contributed by atoms with E-state index in [-0.39, 0.29) is 153 Å². The summed E-state index contributed by atoms with van der Waals surface area (Å²) < 4.78 is 8.55. The van der Waals surface area contributed by atoms with E-state index in [2.05, 4.69) is 0 Å². The van der Waals surface area contributed by atoms with Gasteiger partial charge >= 0.3 is 141 Å². The van der Waals surface area contributed by atoms with Crippen molar-refractivity contribution in [3.8, 4) is 0 Å². The third kappa shape index (κ3) is 63.5. The van der Waals surface area contributed by atoms with Gasteiger partial charge in [-0.1, -0.05) is 0 Å². The van der Waals surface area contributed by atoms with Gasteiger partial charge in [0.1, 0.15) is 0 Å². The fraction of sp³-hybridized carbons (Fsp3) is 0. The van der Waals surface area contributed by atoms with Gasteiger partial charge < -0.3 is 31.7 Å². The number of halogens is 1. The molecule has 0 saturated heterocycles. The van der Waals surface area contributed by atoms with Crippen molar-refractivity contribution < 1.29 is 134 Å². The van der Waals surface area contributed by atoms with E-state index < -0.39 is 7.82 Å². The normalized spacial score (nSPS) is 6.56. The first-order chi connectivity index (χ1) is 2.00. The predicted molar refractivity (Wildman–Crippen MR) is 13.4 cm³/mol. The SMILES string of the molecule is O=P([O-])([O-])[O-].[Ca+2].[Cl-].[K+].[K+]. The molecule has 0 N–H and O–H groups in total. The summed E-state index contributed by atoms with van der Waals surface area (Å²) >= 11 is 0. The molecular formula is CaClK2O4P. The van der Waals surface area contributed by atoms with Gasteiger partial charge in [-0.15, -0.1) is 0 Å². The quantitative estimate of drug-likeness (QED) is 0.315. The fourth-order valence-electron chi connectivity index (χ4n) is 0. The molecule has 40 valence electrons. The van der Waals surface area contributed by atoms with Gasteiger partial charge in [0.25, 0.3) is 0 Å². The first-order valence-electron chi connectivity index (χ1n) is 0.730. The molecule has 0 spiro atoms. The molecule has 0 aromatic heterocycles. The molecule has 0 aliphatic rings. The second-order valence-electron chi connectivity index (χ2n) is 0.447. The second-order valence-corrected chi connectivity index (χ2v) is 1.34. The summed E-state index contributed by atoms with van der Waals surface area (Å²) in [6, 6.07) is 0. The van der Waals surface area contributed by atoms with Gasteiger partial charge in [0.2, 0.25) is 0 Å². The molecule has 0 aliphatic carbocycles. The molecule has 0 rings (SSSR count). The van der Waals surface area contributed by atoms with Crippen LogP contribution in [0.3, 0.4) is 0 Å². The Morgan fingerprint density at radius 1 is 1.00 bits per heavy atom. The summed E-state index contributed by atoms with van der Waals surface area (Å²) in [5, 5.41) is 0. The van der Waals surface area contributed by atoms with Crippen molar-refractivity contribution in [3.05, 3.63) is 0 Å². The minimum atomic E-state index is -5.39. The Morgan fingerprint density at radius 3 is 1.00 bits per heavy atom. The van der Waals surface area contributed by atoms with Crippen LogP contribution in [0.15, 0.2) is 0 Å². The van der Waals surface area contributed by atoms with Gasteiger partial charge in [0.05, 0.1) is 0 Å². The molecule has 0 bridgehead atoms. The summed E-state index contributed by atoms with van der Waals surface area (Å²) in [4.78, 5) is 25.6. The van der Waals surface area contributed by atoms with E-state index in [1.165, 1.54) is 0 Å². The van der Waals surface area contributed by atoms with E-state index in [4.69, 9.17) is 19.2 Å². The van der Waals surface area contributed by atoms with Gasteiger partial charge in [-0.05, 0) is 0 Å². The fourth-order valence-corrected chi connectivity index (χ4v) is 0. The van der Waals surface area contributed by atoms with Crippen molar-refractivity contribution in [2.45, 2.75) is 0 Å². The van der Waals surface area contributed by atoms with Gasteiger partial charge in [-0.3, -0.25) is 0 Å². The molecule has 0 amide bonds. The van der Waals surface area contributed by atoms with Crippen LogP contribution in [-0.4, -0.2) is 37.7 Å². The summed E-state index contributed by atoms with van der Waals surface area (Å²) in [7, 11) is -5.39. The van der Waals surface area contributed by atoms with Crippen molar-refractivity contribution in [1.29, 1.82) is 0 Å². The smallest absolute Gasteiger partial charge is 1.00 e. The summed E-state index contributed by atoms with van der Waals surface area (Å²) in [6.45, 7) is 0. The van der Waals surface area contributed by atoms with Crippen LogP contribution in [0.2, 0.25) is 0 Å². The average molecular weight is 249 g/mol. The Balaban J connectivity index is -0.0000000133. The number of hydrogen-bond donors (Lipinski definition) is 0. The first kappa shape index (κ1) is 29.2. The van der Waals surface area contributed by atoms with Crippen LogP contribution in [0.1, 0.15) is 0 Å². The third-order valence-corrected chi connectivity index (χ3v) is 0. The molecule has 4 nitrogen and oxygen atoms in total. The zero-order valence-corrected chi connectivity index (χ0v) is 15.3. The largest absolute Gasteiger partial charge is 2.00 e. The Morgan fingerprint density at radius 2 is 1.00 bits per heavy atom. The molecule has 0 unspecified atom stereocenters. The average Bonchev–Trinajstić information content (AvgIpc) is 0.722. The van der Waals surface area contributed by atoms with Crippen molar-refractivity contribution in [2.24, 2.45) is 0 Å². The van der Waals surface area contributed by atoms with Crippen molar-refractivity contribution in [3.63, 3.8) is 0 Å². The topological polar surface area (TPSA) is 86.2 Å². The molecular weight excluding hydrogens is 249 g/mol. The van der Waals surface area contributed by atoms with E-state index in [0.717, 1.165) is 0 Å². The monoisotopic (exact) mass is 248 g/mol.